The molecule has 0 saturated carbocycles. The van der Waals surface area contributed by atoms with E-state index in [1.165, 1.54) is 4.31 Å². The van der Waals surface area contributed by atoms with Crippen LogP contribution in [0.5, 0.6) is 0 Å². The topological polar surface area (TPSA) is 85.2 Å². The van der Waals surface area contributed by atoms with Crippen molar-refractivity contribution in [2.24, 2.45) is 0 Å². The standard InChI is InChI=1S/C25H21F3N4O3S/c26-25(27,28)21-15-20(9-8-18(21)16-33)36(34,35)31-13-10-19(11-14-31)32-23(17-5-2-1-3-6-17)30-22-7-4-12-29-24(22)32/h1-9,12,15-16,19H,10-11,13-14H2. The first-order chi connectivity index (χ1) is 17.2. The molecular weight excluding hydrogens is 493 g/mol. The van der Waals surface area contributed by atoms with Crippen molar-refractivity contribution in [3.63, 3.8) is 0 Å². The number of imidazole rings is 1. The van der Waals surface area contributed by atoms with Gasteiger partial charge in [-0.25, -0.2) is 18.4 Å². The fourth-order valence-corrected chi connectivity index (χ4v) is 6.10. The largest absolute Gasteiger partial charge is 0.417 e. The van der Waals surface area contributed by atoms with Gasteiger partial charge in [-0.2, -0.15) is 17.5 Å². The monoisotopic (exact) mass is 514 g/mol. The molecule has 3 heterocycles. The molecular formula is C25H21F3N4O3S. The Morgan fingerprint density at radius 3 is 2.36 bits per heavy atom. The second-order valence-corrected chi connectivity index (χ2v) is 10.5. The predicted octanol–water partition coefficient (Wildman–Crippen LogP) is 4.96. The number of aldehydes is 1. The predicted molar refractivity (Wildman–Crippen MR) is 127 cm³/mol. The highest BCUT2D eigenvalue weighted by atomic mass is 32.2. The van der Waals surface area contributed by atoms with Crippen molar-refractivity contribution < 1.29 is 26.4 Å². The fraction of sp³-hybridized carbons (Fsp3) is 0.240. The summed E-state index contributed by atoms with van der Waals surface area (Å²) in [5, 5.41) is 0. The van der Waals surface area contributed by atoms with Crippen molar-refractivity contribution in [1.82, 2.24) is 18.8 Å². The maximum Gasteiger partial charge on any atom is 0.417 e. The van der Waals surface area contributed by atoms with Gasteiger partial charge >= 0.3 is 6.18 Å². The molecule has 7 nitrogen and oxygen atoms in total. The summed E-state index contributed by atoms with van der Waals surface area (Å²) in [6.07, 6.45) is -2.24. The zero-order valence-corrected chi connectivity index (χ0v) is 19.7. The Labute approximate surface area is 205 Å². The average molecular weight is 515 g/mol. The molecule has 11 heteroatoms. The molecule has 0 amide bonds. The maximum absolute atomic E-state index is 13.4. The van der Waals surface area contributed by atoms with Crippen LogP contribution in [0.1, 0.15) is 34.8 Å². The van der Waals surface area contributed by atoms with E-state index in [4.69, 9.17) is 4.98 Å². The van der Waals surface area contributed by atoms with Gasteiger partial charge in [0, 0.05) is 36.5 Å². The lowest BCUT2D eigenvalue weighted by Crippen LogP contribution is -2.39. The number of hydrogen-bond acceptors (Lipinski definition) is 5. The van der Waals surface area contributed by atoms with Crippen LogP contribution in [0.25, 0.3) is 22.6 Å². The molecule has 4 aromatic rings. The van der Waals surface area contributed by atoms with Crippen LogP contribution in [0.4, 0.5) is 13.2 Å². The quantitative estimate of drug-likeness (QED) is 0.352. The Bertz CT molecular complexity index is 1530. The summed E-state index contributed by atoms with van der Waals surface area (Å²) in [4.78, 5) is 19.8. The molecule has 0 aliphatic carbocycles. The summed E-state index contributed by atoms with van der Waals surface area (Å²) in [7, 11) is -4.19. The third-order valence-electron chi connectivity index (χ3n) is 6.36. The summed E-state index contributed by atoms with van der Waals surface area (Å²) in [6.45, 7) is 0.231. The van der Waals surface area contributed by atoms with Gasteiger partial charge in [-0.15, -0.1) is 0 Å². The van der Waals surface area contributed by atoms with Crippen LogP contribution >= 0.6 is 0 Å². The van der Waals surface area contributed by atoms with E-state index < -0.39 is 32.2 Å². The molecule has 186 valence electrons. The molecule has 1 aliphatic rings. The number of nitrogens with zero attached hydrogens (tertiary/aromatic N) is 4. The minimum atomic E-state index is -4.85. The second kappa shape index (κ2) is 9.14. The second-order valence-electron chi connectivity index (χ2n) is 8.52. The summed E-state index contributed by atoms with van der Waals surface area (Å²) in [5.74, 6) is 0.727. The van der Waals surface area contributed by atoms with Gasteiger partial charge in [0.2, 0.25) is 10.0 Å². The minimum Gasteiger partial charge on any atom is -0.305 e. The molecule has 0 unspecified atom stereocenters. The zero-order chi connectivity index (χ0) is 25.5. The van der Waals surface area contributed by atoms with E-state index in [2.05, 4.69) is 4.98 Å². The smallest absolute Gasteiger partial charge is 0.305 e. The lowest BCUT2D eigenvalue weighted by Gasteiger charge is -2.32. The lowest BCUT2D eigenvalue weighted by atomic mass is 10.1. The fourth-order valence-electron chi connectivity index (χ4n) is 4.60. The number of halogens is 3. The van der Waals surface area contributed by atoms with Crippen molar-refractivity contribution in [3.8, 4) is 11.4 Å². The molecule has 0 N–H and O–H groups in total. The molecule has 2 aromatic heterocycles. The molecule has 1 fully saturated rings. The number of piperidine rings is 1. The van der Waals surface area contributed by atoms with Gasteiger partial charge in [-0.05, 0) is 43.2 Å². The Kier molecular flexibility index (Phi) is 6.13. The van der Waals surface area contributed by atoms with E-state index in [0.717, 1.165) is 29.0 Å². The van der Waals surface area contributed by atoms with Crippen LogP contribution < -0.4 is 0 Å². The number of benzene rings is 2. The first-order valence-corrected chi connectivity index (χ1v) is 12.7. The summed E-state index contributed by atoms with van der Waals surface area (Å²) < 4.78 is 69.7. The number of sulfonamides is 1. The highest BCUT2D eigenvalue weighted by Gasteiger charge is 2.37. The average Bonchev–Trinajstić information content (AvgIpc) is 3.28. The van der Waals surface area contributed by atoms with E-state index in [1.54, 1.807) is 12.3 Å². The van der Waals surface area contributed by atoms with E-state index in [1.807, 2.05) is 41.0 Å². The summed E-state index contributed by atoms with van der Waals surface area (Å²) >= 11 is 0. The Morgan fingerprint density at radius 1 is 0.972 bits per heavy atom. The molecule has 2 aromatic carbocycles. The van der Waals surface area contributed by atoms with E-state index in [-0.39, 0.29) is 25.4 Å². The van der Waals surface area contributed by atoms with E-state index >= 15 is 0 Å². The van der Waals surface area contributed by atoms with Crippen molar-refractivity contribution in [1.29, 1.82) is 0 Å². The highest BCUT2D eigenvalue weighted by molar-refractivity contribution is 7.89. The molecule has 1 aliphatic heterocycles. The Hall–Kier alpha value is -3.57. The van der Waals surface area contributed by atoms with Crippen LogP contribution in [0.15, 0.2) is 71.8 Å². The Morgan fingerprint density at radius 2 is 1.69 bits per heavy atom. The van der Waals surface area contributed by atoms with Gasteiger partial charge < -0.3 is 4.57 Å². The van der Waals surface area contributed by atoms with Gasteiger partial charge in [0.05, 0.1) is 10.5 Å². The number of alkyl halides is 3. The molecule has 0 atom stereocenters. The molecule has 0 bridgehead atoms. The number of pyridine rings is 1. The lowest BCUT2D eigenvalue weighted by molar-refractivity contribution is -0.138. The molecule has 5 rings (SSSR count). The van der Waals surface area contributed by atoms with Crippen molar-refractivity contribution in [2.45, 2.75) is 30.0 Å². The summed E-state index contributed by atoms with van der Waals surface area (Å²) in [6, 6.07) is 15.6. The first-order valence-electron chi connectivity index (χ1n) is 11.2. The van der Waals surface area contributed by atoms with Gasteiger partial charge in [-0.1, -0.05) is 30.3 Å². The molecule has 0 radical (unpaired) electrons. The van der Waals surface area contributed by atoms with E-state index in [9.17, 15) is 26.4 Å². The van der Waals surface area contributed by atoms with Crippen molar-refractivity contribution in [2.75, 3.05) is 13.1 Å². The zero-order valence-electron chi connectivity index (χ0n) is 18.9. The number of carbonyl (C=O) groups is 1. The third-order valence-corrected chi connectivity index (χ3v) is 8.26. The summed E-state index contributed by atoms with van der Waals surface area (Å²) in [5.41, 5.74) is 0.448. The number of hydrogen-bond donors (Lipinski definition) is 0. The van der Waals surface area contributed by atoms with Crippen LogP contribution in [-0.4, -0.2) is 46.6 Å². The highest BCUT2D eigenvalue weighted by Crippen LogP contribution is 2.36. The van der Waals surface area contributed by atoms with Crippen LogP contribution in [0.2, 0.25) is 0 Å². The molecule has 0 spiro atoms. The number of aromatic nitrogens is 3. The SMILES string of the molecule is O=Cc1ccc(S(=O)(=O)N2CCC(n3c(-c4ccccc4)nc4cccnc43)CC2)cc1C(F)(F)F. The van der Waals surface area contributed by atoms with Crippen molar-refractivity contribution >= 4 is 27.5 Å². The normalized spacial score (nSPS) is 15.9. The van der Waals surface area contributed by atoms with Gasteiger partial charge in [0.15, 0.2) is 11.9 Å². The number of carbonyl (C=O) groups excluding carboxylic acids is 1. The van der Waals surface area contributed by atoms with E-state index in [0.29, 0.717) is 24.6 Å². The third kappa shape index (κ3) is 4.28. The van der Waals surface area contributed by atoms with Gasteiger partial charge in [-0.3, -0.25) is 4.79 Å². The van der Waals surface area contributed by atoms with Crippen molar-refractivity contribution in [3.05, 3.63) is 78.0 Å². The van der Waals surface area contributed by atoms with Crippen LogP contribution in [0.3, 0.4) is 0 Å². The van der Waals surface area contributed by atoms with Gasteiger partial charge in [0.25, 0.3) is 0 Å². The molecule has 1 saturated heterocycles. The number of rotatable bonds is 5. The Balaban J connectivity index is 1.44. The van der Waals surface area contributed by atoms with Crippen LogP contribution in [-0.2, 0) is 16.2 Å². The maximum atomic E-state index is 13.4. The minimum absolute atomic E-state index is 0.0680. The van der Waals surface area contributed by atoms with Crippen LogP contribution in [0, 0.1) is 0 Å². The first kappa shape index (κ1) is 24.1. The van der Waals surface area contributed by atoms with Gasteiger partial charge in [0.1, 0.15) is 11.3 Å². The number of fused-ring (bicyclic) bond motifs is 1. The molecule has 36 heavy (non-hydrogen) atoms.